The molecule has 0 atom stereocenters. The number of hydrogen-bond acceptors (Lipinski definition) is 9. The number of hydrogen-bond donors (Lipinski definition) is 4. The maximum Gasteiger partial charge on any atom is 0.421 e. The summed E-state index contributed by atoms with van der Waals surface area (Å²) in [6.07, 6.45) is -1.88. The van der Waals surface area contributed by atoms with Crippen LogP contribution in [0, 0.1) is 0 Å². The minimum atomic E-state index is -4.58. The molecule has 12 heteroatoms. The van der Waals surface area contributed by atoms with Crippen molar-refractivity contribution in [1.82, 2.24) is 25.5 Å². The number of nitrogens with zero attached hydrogens (tertiary/aromatic N) is 5. The summed E-state index contributed by atoms with van der Waals surface area (Å²) in [4.78, 5) is 12.7. The highest BCUT2D eigenvalue weighted by atomic mass is 19.4. The number of likely N-dealkylation sites (N-methyl/N-ethyl adjacent to an activating group) is 1. The predicted molar refractivity (Wildman–Crippen MR) is 131 cm³/mol. The number of alkyl halides is 3. The molecule has 1 aromatic carbocycles. The number of hydroxylamine groups is 1. The maximum atomic E-state index is 13.5. The van der Waals surface area contributed by atoms with Gasteiger partial charge in [-0.05, 0) is 50.1 Å². The maximum absolute atomic E-state index is 13.5. The Morgan fingerprint density at radius 3 is 2.54 bits per heavy atom. The number of aromatic nitrogens is 2. The Labute approximate surface area is 204 Å². The van der Waals surface area contributed by atoms with Gasteiger partial charge in [0.1, 0.15) is 11.4 Å². The largest absolute Gasteiger partial charge is 0.421 e. The van der Waals surface area contributed by atoms with E-state index < -0.39 is 11.7 Å². The van der Waals surface area contributed by atoms with Crippen molar-refractivity contribution in [2.45, 2.75) is 32.4 Å². The smallest absolute Gasteiger partial charge is 0.369 e. The van der Waals surface area contributed by atoms with Crippen LogP contribution in [-0.4, -0.2) is 78.6 Å². The third-order valence-electron chi connectivity index (χ3n) is 6.03. The zero-order valence-corrected chi connectivity index (χ0v) is 20.5. The van der Waals surface area contributed by atoms with Crippen molar-refractivity contribution < 1.29 is 18.4 Å². The van der Waals surface area contributed by atoms with Crippen LogP contribution in [0.25, 0.3) is 0 Å². The summed E-state index contributed by atoms with van der Waals surface area (Å²) in [6, 6.07) is 6.07. The molecule has 1 saturated heterocycles. The number of aryl methyl sites for hydroxylation is 1. The van der Waals surface area contributed by atoms with Crippen LogP contribution in [0.4, 0.5) is 36.3 Å². The average molecular weight is 497 g/mol. The van der Waals surface area contributed by atoms with E-state index in [1.807, 2.05) is 19.1 Å². The first kappa shape index (κ1) is 26.9. The molecule has 1 aliphatic rings. The Morgan fingerprint density at radius 2 is 1.89 bits per heavy atom. The third kappa shape index (κ3) is 7.66. The molecule has 1 aliphatic heterocycles. The second kappa shape index (κ2) is 12.3. The zero-order valence-electron chi connectivity index (χ0n) is 20.5. The fraction of sp³-hybridized carbons (Fsp3) is 0.565. The molecular formula is C23H35F3N8O. The zero-order chi connectivity index (χ0) is 25.4. The second-order valence-corrected chi connectivity index (χ2v) is 8.54. The van der Waals surface area contributed by atoms with Gasteiger partial charge in [0.25, 0.3) is 0 Å². The number of piperazine rings is 1. The predicted octanol–water partition coefficient (Wildman–Crippen LogP) is 3.57. The first-order valence-corrected chi connectivity index (χ1v) is 11.9. The number of hydrazine groups is 1. The van der Waals surface area contributed by atoms with Gasteiger partial charge >= 0.3 is 6.18 Å². The lowest BCUT2D eigenvalue weighted by molar-refractivity contribution is -0.137. The summed E-state index contributed by atoms with van der Waals surface area (Å²) in [5, 5.41) is 16.2. The van der Waals surface area contributed by atoms with Crippen molar-refractivity contribution in [2.75, 3.05) is 68.9 Å². The number of unbranched alkanes of at least 4 members (excludes halogenated alkanes) is 1. The highest BCUT2D eigenvalue weighted by Gasteiger charge is 2.35. The molecule has 2 aromatic rings. The molecule has 4 N–H and O–H groups in total. The number of halogens is 3. The Morgan fingerprint density at radius 1 is 1.14 bits per heavy atom. The van der Waals surface area contributed by atoms with Gasteiger partial charge in [-0.3, -0.25) is 5.21 Å². The molecule has 0 aliphatic carbocycles. The molecular weight excluding hydrogens is 461 g/mol. The summed E-state index contributed by atoms with van der Waals surface area (Å²) in [5.41, 5.74) is 4.58. The summed E-state index contributed by atoms with van der Waals surface area (Å²) in [5.74, 6) is -0.171. The van der Waals surface area contributed by atoms with Crippen molar-refractivity contribution in [3.8, 4) is 0 Å². The van der Waals surface area contributed by atoms with Gasteiger partial charge in [0.05, 0.1) is 0 Å². The van der Waals surface area contributed by atoms with E-state index >= 15 is 0 Å². The van der Waals surface area contributed by atoms with E-state index in [2.05, 4.69) is 48.9 Å². The van der Waals surface area contributed by atoms with Gasteiger partial charge in [0, 0.05) is 63.9 Å². The molecule has 9 nitrogen and oxygen atoms in total. The molecule has 194 valence electrons. The minimum absolute atomic E-state index is 0.0965. The molecule has 35 heavy (non-hydrogen) atoms. The molecule has 0 spiro atoms. The van der Waals surface area contributed by atoms with E-state index in [0.29, 0.717) is 19.4 Å². The molecule has 2 heterocycles. The van der Waals surface area contributed by atoms with Crippen LogP contribution in [0.2, 0.25) is 0 Å². The summed E-state index contributed by atoms with van der Waals surface area (Å²) in [6.45, 7) is 6.58. The van der Waals surface area contributed by atoms with Crippen LogP contribution >= 0.6 is 0 Å². The van der Waals surface area contributed by atoms with E-state index in [1.54, 1.807) is 7.05 Å². The van der Waals surface area contributed by atoms with Crippen LogP contribution in [0.1, 0.15) is 30.9 Å². The SMILES string of the molecule is CCc1cc(N2CCN(C)CC2)ccc1Nc1ncc(C(F)(F)F)c(NCCCCN(O)NC)n1. The molecule has 0 saturated carbocycles. The van der Waals surface area contributed by atoms with E-state index in [1.165, 1.54) is 0 Å². The van der Waals surface area contributed by atoms with Crippen molar-refractivity contribution in [3.63, 3.8) is 0 Å². The van der Waals surface area contributed by atoms with Crippen LogP contribution in [0.15, 0.2) is 24.4 Å². The fourth-order valence-electron chi connectivity index (χ4n) is 3.87. The average Bonchev–Trinajstić information content (AvgIpc) is 2.83. The lowest BCUT2D eigenvalue weighted by atomic mass is 10.1. The van der Waals surface area contributed by atoms with Gasteiger partial charge in [-0.25, -0.2) is 10.4 Å². The normalized spacial score (nSPS) is 15.0. The first-order valence-electron chi connectivity index (χ1n) is 11.9. The Kier molecular flexibility index (Phi) is 9.49. The van der Waals surface area contributed by atoms with Gasteiger partial charge in [-0.1, -0.05) is 6.92 Å². The van der Waals surface area contributed by atoms with Gasteiger partial charge in [-0.15, -0.1) is 5.17 Å². The Hall–Kier alpha value is -2.67. The van der Waals surface area contributed by atoms with E-state index in [4.69, 9.17) is 0 Å². The van der Waals surface area contributed by atoms with Crippen LogP contribution in [-0.2, 0) is 12.6 Å². The Bertz CT molecular complexity index is 951. The van der Waals surface area contributed by atoms with Crippen LogP contribution in [0.5, 0.6) is 0 Å². The van der Waals surface area contributed by atoms with Crippen molar-refractivity contribution in [2.24, 2.45) is 0 Å². The Balaban J connectivity index is 1.72. The molecule has 1 aromatic heterocycles. The third-order valence-corrected chi connectivity index (χ3v) is 6.03. The van der Waals surface area contributed by atoms with Gasteiger partial charge in [0.15, 0.2) is 0 Å². The first-order chi connectivity index (χ1) is 16.7. The molecule has 0 bridgehead atoms. The standard InChI is InChI=1S/C23H35F3N8O/c1-4-17-15-18(33-13-11-32(3)12-14-33)7-8-20(17)30-22-29-16-19(23(24,25)26)21(31-22)28-9-5-6-10-34(35)27-2/h7-8,15-16,27,35H,4-6,9-14H2,1-3H3,(H2,28,29,30,31). The lowest BCUT2D eigenvalue weighted by Crippen LogP contribution is -2.44. The highest BCUT2D eigenvalue weighted by Crippen LogP contribution is 2.34. The van der Waals surface area contributed by atoms with Crippen molar-refractivity contribution >= 4 is 23.1 Å². The number of benzene rings is 1. The molecule has 0 unspecified atom stereocenters. The number of anilines is 4. The van der Waals surface area contributed by atoms with Gasteiger partial charge < -0.3 is 20.4 Å². The number of nitrogens with one attached hydrogen (secondary N) is 3. The monoisotopic (exact) mass is 496 g/mol. The van der Waals surface area contributed by atoms with Crippen LogP contribution < -0.4 is 21.0 Å². The summed E-state index contributed by atoms with van der Waals surface area (Å²) in [7, 11) is 3.69. The molecule has 3 rings (SSSR count). The number of rotatable bonds is 11. The van der Waals surface area contributed by atoms with E-state index in [9.17, 15) is 18.4 Å². The van der Waals surface area contributed by atoms with E-state index in [0.717, 1.165) is 60.9 Å². The van der Waals surface area contributed by atoms with Crippen molar-refractivity contribution in [1.29, 1.82) is 0 Å². The summed E-state index contributed by atoms with van der Waals surface area (Å²) < 4.78 is 40.5. The minimum Gasteiger partial charge on any atom is -0.369 e. The summed E-state index contributed by atoms with van der Waals surface area (Å²) >= 11 is 0. The van der Waals surface area contributed by atoms with Crippen LogP contribution in [0.3, 0.4) is 0 Å². The quantitative estimate of drug-likeness (QED) is 0.275. The molecule has 0 radical (unpaired) electrons. The van der Waals surface area contributed by atoms with Crippen molar-refractivity contribution in [3.05, 3.63) is 35.5 Å². The molecule has 1 fully saturated rings. The van der Waals surface area contributed by atoms with Gasteiger partial charge in [-0.2, -0.15) is 18.2 Å². The topological polar surface area (TPSA) is 91.8 Å². The highest BCUT2D eigenvalue weighted by molar-refractivity contribution is 5.65. The van der Waals surface area contributed by atoms with E-state index in [-0.39, 0.29) is 18.3 Å². The second-order valence-electron chi connectivity index (χ2n) is 8.54. The molecule has 0 amide bonds. The fourth-order valence-corrected chi connectivity index (χ4v) is 3.87. The van der Waals surface area contributed by atoms with Gasteiger partial charge in [0.2, 0.25) is 5.95 Å². The lowest BCUT2D eigenvalue weighted by Gasteiger charge is -2.34.